The van der Waals surface area contributed by atoms with Crippen LogP contribution in [0.25, 0.3) is 0 Å². The van der Waals surface area contributed by atoms with Crippen LogP contribution >= 0.6 is 0 Å². The van der Waals surface area contributed by atoms with Gasteiger partial charge in [-0.3, -0.25) is 4.68 Å². The smallest absolute Gasteiger partial charge is 0.244 e. The number of methoxy groups -OCH3 is 2. The van der Waals surface area contributed by atoms with Crippen LogP contribution in [0.2, 0.25) is 0 Å². The molecule has 0 saturated heterocycles. The Hall–Kier alpha value is -2.06. The highest BCUT2D eigenvalue weighted by molar-refractivity contribution is 7.89. The molecule has 2 aromatic rings. The molecule has 0 saturated carbocycles. The first-order valence-electron chi connectivity index (χ1n) is 7.16. The SMILES string of the molecule is CCn1cc(CNS(=O)(=O)c2ccc(OC)cc2OC)c(C)n1. The van der Waals surface area contributed by atoms with Crippen molar-refractivity contribution in [2.75, 3.05) is 14.2 Å². The molecule has 7 nitrogen and oxygen atoms in total. The molecule has 23 heavy (non-hydrogen) atoms. The molecule has 0 amide bonds. The Kier molecular flexibility index (Phi) is 5.27. The topological polar surface area (TPSA) is 82.5 Å². The zero-order valence-electron chi connectivity index (χ0n) is 13.7. The first-order valence-corrected chi connectivity index (χ1v) is 8.64. The summed E-state index contributed by atoms with van der Waals surface area (Å²) >= 11 is 0. The molecular weight excluding hydrogens is 318 g/mol. The zero-order chi connectivity index (χ0) is 17.0. The number of nitrogens with zero attached hydrogens (tertiary/aromatic N) is 2. The Labute approximate surface area is 136 Å². The third-order valence-corrected chi connectivity index (χ3v) is 4.93. The van der Waals surface area contributed by atoms with E-state index in [9.17, 15) is 8.42 Å². The standard InChI is InChI=1S/C15H21N3O4S/c1-5-18-10-12(11(2)17-18)9-16-23(19,20)15-7-6-13(21-3)8-14(15)22-4/h6-8,10,16H,5,9H2,1-4H3. The minimum Gasteiger partial charge on any atom is -0.497 e. The van der Waals surface area contributed by atoms with Crippen LogP contribution in [0.3, 0.4) is 0 Å². The van der Waals surface area contributed by atoms with Crippen LogP contribution in [-0.4, -0.2) is 32.4 Å². The van der Waals surface area contributed by atoms with Crippen molar-refractivity contribution in [3.05, 3.63) is 35.7 Å². The van der Waals surface area contributed by atoms with E-state index in [1.807, 2.05) is 20.0 Å². The van der Waals surface area contributed by atoms with Crippen molar-refractivity contribution < 1.29 is 17.9 Å². The molecule has 0 aliphatic rings. The Bertz CT molecular complexity index is 784. The largest absolute Gasteiger partial charge is 0.497 e. The normalized spacial score (nSPS) is 11.5. The van der Waals surface area contributed by atoms with Crippen LogP contribution < -0.4 is 14.2 Å². The summed E-state index contributed by atoms with van der Waals surface area (Å²) in [5.74, 6) is 0.763. The molecule has 0 atom stereocenters. The van der Waals surface area contributed by atoms with Crippen LogP contribution in [-0.2, 0) is 23.1 Å². The molecule has 1 aromatic carbocycles. The lowest BCUT2D eigenvalue weighted by Crippen LogP contribution is -2.24. The number of rotatable bonds is 7. The van der Waals surface area contributed by atoms with Crippen molar-refractivity contribution in [2.24, 2.45) is 0 Å². The average molecular weight is 339 g/mol. The van der Waals surface area contributed by atoms with Gasteiger partial charge in [0.1, 0.15) is 16.4 Å². The van der Waals surface area contributed by atoms with Gasteiger partial charge in [-0.2, -0.15) is 5.10 Å². The minimum atomic E-state index is -3.71. The first-order chi connectivity index (χ1) is 10.9. The number of hydrogen-bond donors (Lipinski definition) is 1. The van der Waals surface area contributed by atoms with Crippen molar-refractivity contribution in [3.8, 4) is 11.5 Å². The summed E-state index contributed by atoms with van der Waals surface area (Å²) in [4.78, 5) is 0.0707. The van der Waals surface area contributed by atoms with Gasteiger partial charge in [0, 0.05) is 30.9 Å². The number of aromatic nitrogens is 2. The molecule has 1 N–H and O–H groups in total. The third kappa shape index (κ3) is 3.83. The van der Waals surface area contributed by atoms with Gasteiger partial charge >= 0.3 is 0 Å². The van der Waals surface area contributed by atoms with E-state index in [4.69, 9.17) is 9.47 Å². The van der Waals surface area contributed by atoms with Gasteiger partial charge in [0.2, 0.25) is 10.0 Å². The van der Waals surface area contributed by atoms with Crippen LogP contribution in [0.1, 0.15) is 18.2 Å². The summed E-state index contributed by atoms with van der Waals surface area (Å²) in [6, 6.07) is 4.58. The minimum absolute atomic E-state index is 0.0707. The summed E-state index contributed by atoms with van der Waals surface area (Å²) in [5, 5.41) is 4.30. The van der Waals surface area contributed by atoms with E-state index in [2.05, 4.69) is 9.82 Å². The predicted molar refractivity (Wildman–Crippen MR) is 86.2 cm³/mol. The monoisotopic (exact) mass is 339 g/mol. The second kappa shape index (κ2) is 7.01. The second-order valence-corrected chi connectivity index (χ2v) is 6.67. The molecule has 8 heteroatoms. The summed E-state index contributed by atoms with van der Waals surface area (Å²) in [7, 11) is -0.779. The Morgan fingerprint density at radius 2 is 2.00 bits per heavy atom. The fraction of sp³-hybridized carbons (Fsp3) is 0.400. The van der Waals surface area contributed by atoms with E-state index >= 15 is 0 Å². The zero-order valence-corrected chi connectivity index (χ0v) is 14.5. The molecule has 126 valence electrons. The van der Waals surface area contributed by atoms with Crippen LogP contribution in [0.5, 0.6) is 11.5 Å². The van der Waals surface area contributed by atoms with E-state index in [0.717, 1.165) is 17.8 Å². The maximum absolute atomic E-state index is 12.5. The summed E-state index contributed by atoms with van der Waals surface area (Å²) < 4.78 is 39.6. The Morgan fingerprint density at radius 3 is 2.57 bits per heavy atom. The highest BCUT2D eigenvalue weighted by Gasteiger charge is 2.20. The molecular formula is C15H21N3O4S. The van der Waals surface area contributed by atoms with Gasteiger partial charge in [-0.1, -0.05) is 0 Å². The molecule has 0 aliphatic carbocycles. The highest BCUT2D eigenvalue weighted by atomic mass is 32.2. The van der Waals surface area contributed by atoms with Gasteiger partial charge in [0.15, 0.2) is 0 Å². The fourth-order valence-corrected chi connectivity index (χ4v) is 3.30. The van der Waals surface area contributed by atoms with Crippen molar-refractivity contribution in [2.45, 2.75) is 31.8 Å². The lowest BCUT2D eigenvalue weighted by molar-refractivity contribution is 0.386. The van der Waals surface area contributed by atoms with Crippen molar-refractivity contribution in [3.63, 3.8) is 0 Å². The number of benzene rings is 1. The molecule has 0 radical (unpaired) electrons. The van der Waals surface area contributed by atoms with Gasteiger partial charge < -0.3 is 9.47 Å². The first kappa shape index (κ1) is 17.3. The van der Waals surface area contributed by atoms with Gasteiger partial charge in [-0.25, -0.2) is 13.1 Å². The van der Waals surface area contributed by atoms with Gasteiger partial charge in [0.05, 0.1) is 19.9 Å². The molecule has 0 spiro atoms. The van der Waals surface area contributed by atoms with E-state index < -0.39 is 10.0 Å². The summed E-state index contributed by atoms with van der Waals surface area (Å²) in [5.41, 5.74) is 1.64. The van der Waals surface area contributed by atoms with E-state index in [1.54, 1.807) is 10.7 Å². The van der Waals surface area contributed by atoms with E-state index in [1.165, 1.54) is 26.4 Å². The molecule has 0 unspecified atom stereocenters. The van der Waals surface area contributed by atoms with E-state index in [0.29, 0.717) is 5.75 Å². The lowest BCUT2D eigenvalue weighted by Gasteiger charge is -2.11. The van der Waals surface area contributed by atoms with Gasteiger partial charge in [0.25, 0.3) is 0 Å². The fourth-order valence-electron chi connectivity index (χ4n) is 2.14. The molecule has 1 aromatic heterocycles. The summed E-state index contributed by atoms with van der Waals surface area (Å²) in [6.45, 7) is 4.73. The third-order valence-electron chi connectivity index (χ3n) is 3.48. The number of nitrogens with one attached hydrogen (secondary N) is 1. The van der Waals surface area contributed by atoms with Crippen LogP contribution in [0.15, 0.2) is 29.3 Å². The Balaban J connectivity index is 2.23. The maximum atomic E-state index is 12.5. The van der Waals surface area contributed by atoms with E-state index in [-0.39, 0.29) is 17.2 Å². The Morgan fingerprint density at radius 1 is 1.26 bits per heavy atom. The molecule has 0 fully saturated rings. The van der Waals surface area contributed by atoms with Crippen LogP contribution in [0, 0.1) is 6.92 Å². The molecule has 1 heterocycles. The lowest BCUT2D eigenvalue weighted by atomic mass is 10.3. The number of hydrogen-bond acceptors (Lipinski definition) is 5. The average Bonchev–Trinajstić information content (AvgIpc) is 2.92. The maximum Gasteiger partial charge on any atom is 0.244 e. The van der Waals surface area contributed by atoms with Gasteiger partial charge in [-0.05, 0) is 26.0 Å². The number of ether oxygens (including phenoxy) is 2. The van der Waals surface area contributed by atoms with Crippen molar-refractivity contribution in [1.29, 1.82) is 0 Å². The number of sulfonamides is 1. The van der Waals surface area contributed by atoms with Crippen LogP contribution in [0.4, 0.5) is 0 Å². The number of aryl methyl sites for hydroxylation is 2. The molecule has 0 aliphatic heterocycles. The second-order valence-electron chi connectivity index (χ2n) is 4.94. The molecule has 2 rings (SSSR count). The highest BCUT2D eigenvalue weighted by Crippen LogP contribution is 2.28. The predicted octanol–water partition coefficient (Wildman–Crippen LogP) is 1.71. The molecule has 0 bridgehead atoms. The quantitative estimate of drug-likeness (QED) is 0.830. The van der Waals surface area contributed by atoms with Crippen molar-refractivity contribution >= 4 is 10.0 Å². The summed E-state index contributed by atoms with van der Waals surface area (Å²) in [6.07, 6.45) is 1.84. The van der Waals surface area contributed by atoms with Crippen molar-refractivity contribution in [1.82, 2.24) is 14.5 Å². The van der Waals surface area contributed by atoms with Gasteiger partial charge in [-0.15, -0.1) is 0 Å².